The Bertz CT molecular complexity index is 363. The molecule has 0 aliphatic heterocycles. The van der Waals surface area contributed by atoms with E-state index in [1.54, 1.807) is 7.11 Å². The molecule has 1 rings (SSSR count). The summed E-state index contributed by atoms with van der Waals surface area (Å²) >= 11 is 2.30. The second-order valence-electron chi connectivity index (χ2n) is 3.14. The van der Waals surface area contributed by atoms with E-state index >= 15 is 0 Å². The van der Waals surface area contributed by atoms with E-state index in [0.29, 0.717) is 0 Å². The molecule has 0 atom stereocenters. The lowest BCUT2D eigenvalue weighted by Crippen LogP contribution is -1.95. The van der Waals surface area contributed by atoms with Gasteiger partial charge in [-0.3, -0.25) is 0 Å². The fourth-order valence-electron chi connectivity index (χ4n) is 1.35. The quantitative estimate of drug-likeness (QED) is 0.615. The monoisotopic (exact) mass is 300 g/mol. The van der Waals surface area contributed by atoms with Crippen LogP contribution in [0.3, 0.4) is 0 Å². The standard InChI is InChI=1S/C12H13IO/c1-4-5-6-10-7-9(2)8-11(14-3)12(10)13/h1,7-8H,5-6H2,2-3H3. The number of hydrogen-bond donors (Lipinski definition) is 0. The largest absolute Gasteiger partial charge is 0.496 e. The average molecular weight is 300 g/mol. The van der Waals surface area contributed by atoms with Gasteiger partial charge in [0.25, 0.3) is 0 Å². The molecule has 0 bridgehead atoms. The van der Waals surface area contributed by atoms with Crippen molar-refractivity contribution in [3.05, 3.63) is 26.8 Å². The molecule has 0 fully saturated rings. The van der Waals surface area contributed by atoms with Gasteiger partial charge < -0.3 is 4.74 Å². The first-order valence-electron chi connectivity index (χ1n) is 4.45. The maximum Gasteiger partial charge on any atom is 0.132 e. The van der Waals surface area contributed by atoms with E-state index in [0.717, 1.165) is 18.6 Å². The summed E-state index contributed by atoms with van der Waals surface area (Å²) in [6.07, 6.45) is 6.96. The topological polar surface area (TPSA) is 9.23 Å². The lowest BCUT2D eigenvalue weighted by Gasteiger charge is -2.09. The molecule has 14 heavy (non-hydrogen) atoms. The fourth-order valence-corrected chi connectivity index (χ4v) is 2.15. The second-order valence-corrected chi connectivity index (χ2v) is 4.22. The minimum absolute atomic E-state index is 0.780. The Hall–Kier alpha value is -0.690. The second kappa shape index (κ2) is 5.26. The van der Waals surface area contributed by atoms with Crippen LogP contribution >= 0.6 is 22.6 Å². The zero-order valence-electron chi connectivity index (χ0n) is 8.43. The number of ether oxygens (including phenoxy) is 1. The molecule has 0 saturated heterocycles. The number of aryl methyl sites for hydroxylation is 2. The van der Waals surface area contributed by atoms with Crippen molar-refractivity contribution in [2.45, 2.75) is 19.8 Å². The van der Waals surface area contributed by atoms with E-state index in [1.807, 2.05) is 6.07 Å². The molecule has 0 heterocycles. The van der Waals surface area contributed by atoms with Crippen molar-refractivity contribution >= 4 is 22.6 Å². The Morgan fingerprint density at radius 3 is 2.79 bits per heavy atom. The Kier molecular flexibility index (Phi) is 4.27. The molecule has 74 valence electrons. The molecule has 0 N–H and O–H groups in total. The van der Waals surface area contributed by atoms with Gasteiger partial charge in [-0.05, 0) is 53.1 Å². The van der Waals surface area contributed by atoms with Gasteiger partial charge in [-0.15, -0.1) is 12.3 Å². The first kappa shape index (κ1) is 11.4. The number of benzene rings is 1. The minimum atomic E-state index is 0.780. The van der Waals surface area contributed by atoms with Crippen LogP contribution in [0.1, 0.15) is 17.5 Å². The predicted octanol–water partition coefficient (Wildman–Crippen LogP) is 3.17. The fraction of sp³-hybridized carbons (Fsp3) is 0.333. The Balaban J connectivity index is 3.04. The zero-order valence-corrected chi connectivity index (χ0v) is 10.6. The Labute approximate surface area is 99.0 Å². The molecule has 0 aliphatic rings. The Morgan fingerprint density at radius 2 is 2.21 bits per heavy atom. The maximum absolute atomic E-state index is 5.29. The van der Waals surface area contributed by atoms with Crippen molar-refractivity contribution in [1.29, 1.82) is 0 Å². The van der Waals surface area contributed by atoms with Crippen LogP contribution in [-0.4, -0.2) is 7.11 Å². The van der Waals surface area contributed by atoms with Gasteiger partial charge in [0.2, 0.25) is 0 Å². The lowest BCUT2D eigenvalue weighted by atomic mass is 10.1. The van der Waals surface area contributed by atoms with Gasteiger partial charge in [0.1, 0.15) is 5.75 Å². The van der Waals surface area contributed by atoms with Crippen molar-refractivity contribution in [1.82, 2.24) is 0 Å². The molecule has 2 heteroatoms. The predicted molar refractivity (Wildman–Crippen MR) is 67.6 cm³/mol. The van der Waals surface area contributed by atoms with Crippen LogP contribution in [-0.2, 0) is 6.42 Å². The van der Waals surface area contributed by atoms with E-state index in [-0.39, 0.29) is 0 Å². The molecule has 1 nitrogen and oxygen atoms in total. The van der Waals surface area contributed by atoms with E-state index in [1.165, 1.54) is 14.7 Å². The number of rotatable bonds is 3. The molecule has 0 aromatic heterocycles. The van der Waals surface area contributed by atoms with Crippen molar-refractivity contribution in [2.24, 2.45) is 0 Å². The first-order chi connectivity index (χ1) is 6.69. The summed E-state index contributed by atoms with van der Waals surface area (Å²) in [6, 6.07) is 4.21. The summed E-state index contributed by atoms with van der Waals surface area (Å²) in [7, 11) is 1.70. The van der Waals surface area contributed by atoms with Gasteiger partial charge in [0.15, 0.2) is 0 Å². The molecule has 0 unspecified atom stereocenters. The average Bonchev–Trinajstić information content (AvgIpc) is 2.18. The van der Waals surface area contributed by atoms with Gasteiger partial charge in [0, 0.05) is 6.42 Å². The van der Waals surface area contributed by atoms with Crippen molar-refractivity contribution in [2.75, 3.05) is 7.11 Å². The van der Waals surface area contributed by atoms with E-state index < -0.39 is 0 Å². The van der Waals surface area contributed by atoms with Crippen molar-refractivity contribution in [3.8, 4) is 18.1 Å². The van der Waals surface area contributed by atoms with Gasteiger partial charge in [-0.2, -0.15) is 0 Å². The van der Waals surface area contributed by atoms with Crippen LogP contribution in [0.4, 0.5) is 0 Å². The summed E-state index contributed by atoms with van der Waals surface area (Å²) in [5.41, 5.74) is 2.50. The van der Waals surface area contributed by atoms with E-state index in [2.05, 4.69) is 41.5 Å². The number of methoxy groups -OCH3 is 1. The van der Waals surface area contributed by atoms with Crippen molar-refractivity contribution < 1.29 is 4.74 Å². The molecule has 1 aromatic rings. The smallest absolute Gasteiger partial charge is 0.132 e. The summed E-state index contributed by atoms with van der Waals surface area (Å²) < 4.78 is 6.46. The molecule has 0 radical (unpaired) electrons. The molecule has 0 spiro atoms. The highest BCUT2D eigenvalue weighted by Gasteiger charge is 2.06. The molecular weight excluding hydrogens is 287 g/mol. The van der Waals surface area contributed by atoms with Crippen molar-refractivity contribution in [3.63, 3.8) is 0 Å². The van der Waals surface area contributed by atoms with Crippen LogP contribution < -0.4 is 4.74 Å². The maximum atomic E-state index is 5.29. The van der Waals surface area contributed by atoms with E-state index in [9.17, 15) is 0 Å². The molecule has 0 amide bonds. The lowest BCUT2D eigenvalue weighted by molar-refractivity contribution is 0.411. The van der Waals surface area contributed by atoms with Crippen LogP contribution in [0, 0.1) is 22.8 Å². The van der Waals surface area contributed by atoms with Gasteiger partial charge in [-0.25, -0.2) is 0 Å². The minimum Gasteiger partial charge on any atom is -0.496 e. The summed E-state index contributed by atoms with van der Waals surface area (Å²) in [6.45, 7) is 2.07. The van der Waals surface area contributed by atoms with Crippen LogP contribution in [0.5, 0.6) is 5.75 Å². The SMILES string of the molecule is C#CCCc1cc(C)cc(OC)c1I. The number of hydrogen-bond acceptors (Lipinski definition) is 1. The Morgan fingerprint density at radius 1 is 1.50 bits per heavy atom. The third-order valence-electron chi connectivity index (χ3n) is 2.02. The normalized spacial score (nSPS) is 9.57. The van der Waals surface area contributed by atoms with Gasteiger partial charge in [0.05, 0.1) is 10.7 Å². The highest BCUT2D eigenvalue weighted by Crippen LogP contribution is 2.26. The molecule has 0 saturated carbocycles. The van der Waals surface area contributed by atoms with Crippen LogP contribution in [0.25, 0.3) is 0 Å². The van der Waals surface area contributed by atoms with Crippen LogP contribution in [0.2, 0.25) is 0 Å². The summed E-state index contributed by atoms with van der Waals surface area (Å²) in [5, 5.41) is 0. The van der Waals surface area contributed by atoms with Gasteiger partial charge >= 0.3 is 0 Å². The zero-order chi connectivity index (χ0) is 10.6. The third-order valence-corrected chi connectivity index (χ3v) is 3.24. The molecular formula is C12H13IO. The highest BCUT2D eigenvalue weighted by molar-refractivity contribution is 14.1. The first-order valence-corrected chi connectivity index (χ1v) is 5.53. The number of halogens is 1. The van der Waals surface area contributed by atoms with Gasteiger partial charge in [-0.1, -0.05) is 6.07 Å². The summed E-state index contributed by atoms with van der Waals surface area (Å²) in [5.74, 6) is 3.60. The summed E-state index contributed by atoms with van der Waals surface area (Å²) in [4.78, 5) is 0. The molecule has 0 aliphatic carbocycles. The number of terminal acetylenes is 1. The van der Waals surface area contributed by atoms with E-state index in [4.69, 9.17) is 11.2 Å². The highest BCUT2D eigenvalue weighted by atomic mass is 127. The third kappa shape index (κ3) is 2.65. The van der Waals surface area contributed by atoms with Crippen LogP contribution in [0.15, 0.2) is 12.1 Å². The molecule has 1 aromatic carbocycles.